The zero-order valence-electron chi connectivity index (χ0n) is 13.3. The molecule has 1 aromatic heterocycles. The zero-order chi connectivity index (χ0) is 16.7. The first-order chi connectivity index (χ1) is 11.2. The summed E-state index contributed by atoms with van der Waals surface area (Å²) in [6.45, 7) is 2.07. The van der Waals surface area contributed by atoms with Crippen LogP contribution in [0.2, 0.25) is 0 Å². The Labute approximate surface area is 135 Å². The van der Waals surface area contributed by atoms with Crippen molar-refractivity contribution in [3.63, 3.8) is 0 Å². The number of carbonyl (C=O) groups is 1. The summed E-state index contributed by atoms with van der Waals surface area (Å²) in [7, 11) is 1.72. The number of amides is 1. The lowest BCUT2D eigenvalue weighted by molar-refractivity contribution is -0.127. The summed E-state index contributed by atoms with van der Waals surface area (Å²) in [5, 5.41) is 9.29. The Morgan fingerprint density at radius 1 is 1.43 bits per heavy atom. The van der Waals surface area contributed by atoms with Gasteiger partial charge in [-0.1, -0.05) is 43.7 Å². The molecule has 2 rings (SSSR count). The topological polar surface area (TPSA) is 70.1 Å². The molecular weight excluding hydrogens is 290 g/mol. The van der Waals surface area contributed by atoms with Crippen molar-refractivity contribution in [1.29, 1.82) is 5.26 Å². The molecule has 0 aliphatic rings. The average molecular weight is 309 g/mol. The molecule has 5 heteroatoms. The normalized spacial score (nSPS) is 12.5. The van der Waals surface area contributed by atoms with Crippen LogP contribution in [0, 0.1) is 11.3 Å². The van der Waals surface area contributed by atoms with E-state index in [4.69, 9.17) is 4.42 Å². The summed E-state index contributed by atoms with van der Waals surface area (Å²) in [5.41, 5.74) is 1.06. The number of nitrogens with zero attached hydrogens (tertiary/aromatic N) is 3. The average Bonchev–Trinajstić information content (AvgIpc) is 3.10. The second-order valence-corrected chi connectivity index (χ2v) is 5.17. The van der Waals surface area contributed by atoms with E-state index in [-0.39, 0.29) is 23.4 Å². The van der Waals surface area contributed by atoms with Gasteiger partial charge in [-0.2, -0.15) is 5.26 Å². The molecule has 0 radical (unpaired) electrons. The number of benzene rings is 1. The minimum Gasteiger partial charge on any atom is -0.445 e. The predicted octanol–water partition coefficient (Wildman–Crippen LogP) is 3.58. The van der Waals surface area contributed by atoms with Gasteiger partial charge in [0.15, 0.2) is 0 Å². The highest BCUT2D eigenvalue weighted by molar-refractivity contribution is 6.01. The molecule has 2 aromatic rings. The van der Waals surface area contributed by atoms with Crippen molar-refractivity contribution in [2.24, 2.45) is 0 Å². The molecule has 1 amide bonds. The molecule has 0 aliphatic carbocycles. The number of aromatic nitrogens is 1. The molecule has 0 saturated heterocycles. The fraction of sp³-hybridized carbons (Fsp3) is 0.278. The Hall–Kier alpha value is -2.87. The molecule has 1 heterocycles. The second kappa shape index (κ2) is 7.95. The van der Waals surface area contributed by atoms with Gasteiger partial charge in [0.1, 0.15) is 17.9 Å². The molecule has 1 aromatic carbocycles. The van der Waals surface area contributed by atoms with Gasteiger partial charge in [-0.05, 0) is 12.0 Å². The van der Waals surface area contributed by atoms with Crippen LogP contribution in [0.4, 0.5) is 0 Å². The Morgan fingerprint density at radius 2 is 2.17 bits per heavy atom. The summed E-state index contributed by atoms with van der Waals surface area (Å²) in [6, 6.07) is 11.7. The maximum absolute atomic E-state index is 12.7. The fourth-order valence-electron chi connectivity index (χ4n) is 2.44. The molecular formula is C18H19N3O2. The number of carbonyl (C=O) groups excluding carboxylic acids is 1. The van der Waals surface area contributed by atoms with Crippen LogP contribution < -0.4 is 0 Å². The summed E-state index contributed by atoms with van der Waals surface area (Å²) in [6.07, 6.45) is 6.00. The van der Waals surface area contributed by atoms with Crippen molar-refractivity contribution in [3.05, 3.63) is 59.8 Å². The Bertz CT molecular complexity index is 700. The van der Waals surface area contributed by atoms with Gasteiger partial charge in [-0.3, -0.25) is 4.79 Å². The van der Waals surface area contributed by atoms with Gasteiger partial charge in [0.05, 0.1) is 12.2 Å². The molecule has 0 saturated carbocycles. The van der Waals surface area contributed by atoms with Gasteiger partial charge in [0.2, 0.25) is 5.89 Å². The largest absolute Gasteiger partial charge is 0.445 e. The van der Waals surface area contributed by atoms with E-state index in [0.29, 0.717) is 0 Å². The first-order valence-corrected chi connectivity index (χ1v) is 7.50. The molecule has 5 nitrogen and oxygen atoms in total. The first kappa shape index (κ1) is 16.5. The SMILES string of the molecule is CCCC(c1ccccc1)N(C)C(=O)/C(C#N)=C/c1ncco1. The van der Waals surface area contributed by atoms with Crippen molar-refractivity contribution in [1.82, 2.24) is 9.88 Å². The predicted molar refractivity (Wildman–Crippen MR) is 87.0 cm³/mol. The van der Waals surface area contributed by atoms with Crippen LogP contribution in [0.25, 0.3) is 6.08 Å². The summed E-state index contributed by atoms with van der Waals surface area (Å²) >= 11 is 0. The van der Waals surface area contributed by atoms with Crippen LogP contribution in [0.15, 0.2) is 52.8 Å². The quantitative estimate of drug-likeness (QED) is 0.604. The van der Waals surface area contributed by atoms with Crippen LogP contribution in [0.3, 0.4) is 0 Å². The third-order valence-electron chi connectivity index (χ3n) is 3.60. The van der Waals surface area contributed by atoms with E-state index in [0.717, 1.165) is 18.4 Å². The van der Waals surface area contributed by atoms with Crippen molar-refractivity contribution < 1.29 is 9.21 Å². The minimum absolute atomic E-state index is 0.00647. The van der Waals surface area contributed by atoms with E-state index >= 15 is 0 Å². The number of hydrogen-bond donors (Lipinski definition) is 0. The molecule has 0 bridgehead atoms. The highest BCUT2D eigenvalue weighted by atomic mass is 16.3. The lowest BCUT2D eigenvalue weighted by atomic mass is 10.0. The molecule has 1 atom stereocenters. The first-order valence-electron chi connectivity index (χ1n) is 7.50. The van der Waals surface area contributed by atoms with Crippen LogP contribution in [-0.4, -0.2) is 22.8 Å². The van der Waals surface area contributed by atoms with Gasteiger partial charge < -0.3 is 9.32 Å². The summed E-state index contributed by atoms with van der Waals surface area (Å²) in [4.78, 5) is 18.2. The molecule has 0 aliphatic heterocycles. The summed E-state index contributed by atoms with van der Waals surface area (Å²) in [5.74, 6) is -0.0944. The minimum atomic E-state index is -0.340. The molecule has 1 unspecified atom stereocenters. The third kappa shape index (κ3) is 4.07. The van der Waals surface area contributed by atoms with Crippen molar-refractivity contribution in [3.8, 4) is 6.07 Å². The Morgan fingerprint density at radius 3 is 2.74 bits per heavy atom. The Balaban J connectivity index is 2.26. The maximum atomic E-state index is 12.7. The van der Waals surface area contributed by atoms with E-state index in [9.17, 15) is 10.1 Å². The highest BCUT2D eigenvalue weighted by Gasteiger charge is 2.24. The van der Waals surface area contributed by atoms with Gasteiger partial charge in [0.25, 0.3) is 5.91 Å². The van der Waals surface area contributed by atoms with Crippen LogP contribution in [0.1, 0.15) is 37.3 Å². The number of nitriles is 1. The monoisotopic (exact) mass is 309 g/mol. The Kier molecular flexibility index (Phi) is 5.70. The van der Waals surface area contributed by atoms with Crippen molar-refractivity contribution >= 4 is 12.0 Å². The molecule has 23 heavy (non-hydrogen) atoms. The molecule has 0 fully saturated rings. The smallest absolute Gasteiger partial charge is 0.264 e. The maximum Gasteiger partial charge on any atom is 0.264 e. The zero-order valence-corrected chi connectivity index (χ0v) is 13.3. The third-order valence-corrected chi connectivity index (χ3v) is 3.60. The fourth-order valence-corrected chi connectivity index (χ4v) is 2.44. The van der Waals surface area contributed by atoms with E-state index < -0.39 is 0 Å². The molecule has 0 N–H and O–H groups in total. The second-order valence-electron chi connectivity index (χ2n) is 5.17. The van der Waals surface area contributed by atoms with E-state index in [1.807, 2.05) is 36.4 Å². The molecule has 118 valence electrons. The standard InChI is InChI=1S/C18H19N3O2/c1-3-7-16(14-8-5-4-6-9-14)21(2)18(22)15(13-19)12-17-20-10-11-23-17/h4-6,8-12,16H,3,7H2,1-2H3/b15-12+. The van der Waals surface area contributed by atoms with Crippen LogP contribution in [-0.2, 0) is 4.79 Å². The number of likely N-dealkylation sites (N-methyl/N-ethyl adjacent to an activating group) is 1. The van der Waals surface area contributed by atoms with Gasteiger partial charge in [-0.15, -0.1) is 0 Å². The van der Waals surface area contributed by atoms with Crippen molar-refractivity contribution in [2.45, 2.75) is 25.8 Å². The van der Waals surface area contributed by atoms with Crippen molar-refractivity contribution in [2.75, 3.05) is 7.05 Å². The van der Waals surface area contributed by atoms with E-state index in [1.165, 1.54) is 18.5 Å². The summed E-state index contributed by atoms with van der Waals surface area (Å²) < 4.78 is 5.08. The highest BCUT2D eigenvalue weighted by Crippen LogP contribution is 2.26. The number of hydrogen-bond acceptors (Lipinski definition) is 4. The van der Waals surface area contributed by atoms with Crippen LogP contribution >= 0.6 is 0 Å². The lowest BCUT2D eigenvalue weighted by Gasteiger charge is -2.28. The number of oxazole rings is 1. The van der Waals surface area contributed by atoms with E-state index in [1.54, 1.807) is 11.9 Å². The lowest BCUT2D eigenvalue weighted by Crippen LogP contribution is -2.32. The van der Waals surface area contributed by atoms with E-state index in [2.05, 4.69) is 11.9 Å². The molecule has 0 spiro atoms. The van der Waals surface area contributed by atoms with Gasteiger partial charge >= 0.3 is 0 Å². The van der Waals surface area contributed by atoms with Crippen LogP contribution in [0.5, 0.6) is 0 Å². The number of rotatable bonds is 6. The van der Waals surface area contributed by atoms with Gasteiger partial charge in [0, 0.05) is 13.1 Å². The van der Waals surface area contributed by atoms with Gasteiger partial charge in [-0.25, -0.2) is 4.98 Å².